The van der Waals surface area contributed by atoms with E-state index in [2.05, 4.69) is 70.5 Å². The molecule has 0 spiro atoms. The number of para-hydroxylation sites is 2. The molecule has 5 aromatic rings. The molecule has 2 nitrogen and oxygen atoms in total. The Balaban J connectivity index is 1.69. The predicted molar refractivity (Wildman–Crippen MR) is 124 cm³/mol. The van der Waals surface area contributed by atoms with Crippen LogP contribution in [0.3, 0.4) is 0 Å². The SMILES string of the molecule is Brc1ccccc1-c1nc2ccccc2nc1-c1ccc(-c2ccccc2)cc1. The molecule has 1 heterocycles. The van der Waals surface area contributed by atoms with E-state index < -0.39 is 0 Å². The minimum Gasteiger partial charge on any atom is -0.244 e. The van der Waals surface area contributed by atoms with Crippen molar-refractivity contribution in [1.82, 2.24) is 9.97 Å². The lowest BCUT2D eigenvalue weighted by molar-refractivity contribution is 1.29. The first-order valence-electron chi connectivity index (χ1n) is 9.47. The molecule has 0 saturated heterocycles. The van der Waals surface area contributed by atoms with Crippen LogP contribution < -0.4 is 0 Å². The van der Waals surface area contributed by atoms with Gasteiger partial charge in [-0.3, -0.25) is 0 Å². The largest absolute Gasteiger partial charge is 0.244 e. The van der Waals surface area contributed by atoms with Crippen molar-refractivity contribution in [1.29, 1.82) is 0 Å². The van der Waals surface area contributed by atoms with Gasteiger partial charge < -0.3 is 0 Å². The van der Waals surface area contributed by atoms with E-state index in [9.17, 15) is 0 Å². The first-order chi connectivity index (χ1) is 14.3. The third kappa shape index (κ3) is 3.45. The fourth-order valence-electron chi connectivity index (χ4n) is 3.49. The number of halogens is 1. The molecule has 138 valence electrons. The van der Waals surface area contributed by atoms with Crippen LogP contribution >= 0.6 is 15.9 Å². The van der Waals surface area contributed by atoms with Gasteiger partial charge in [0.2, 0.25) is 0 Å². The quantitative estimate of drug-likeness (QED) is 0.294. The highest BCUT2D eigenvalue weighted by atomic mass is 79.9. The van der Waals surface area contributed by atoms with Crippen LogP contribution in [0.5, 0.6) is 0 Å². The van der Waals surface area contributed by atoms with Crippen LogP contribution in [0.2, 0.25) is 0 Å². The van der Waals surface area contributed by atoms with Crippen molar-refractivity contribution < 1.29 is 0 Å². The van der Waals surface area contributed by atoms with E-state index in [4.69, 9.17) is 9.97 Å². The number of benzene rings is 4. The first-order valence-corrected chi connectivity index (χ1v) is 10.3. The average Bonchev–Trinajstić information content (AvgIpc) is 2.79. The van der Waals surface area contributed by atoms with Crippen LogP contribution in [0.15, 0.2) is 108 Å². The lowest BCUT2D eigenvalue weighted by Gasteiger charge is -2.12. The third-order valence-corrected chi connectivity index (χ3v) is 5.66. The molecule has 0 bridgehead atoms. The molecular weight excluding hydrogens is 420 g/mol. The normalized spacial score (nSPS) is 10.9. The summed E-state index contributed by atoms with van der Waals surface area (Å²) in [6.45, 7) is 0. The maximum Gasteiger partial charge on any atom is 0.0984 e. The van der Waals surface area contributed by atoms with Crippen LogP contribution in [0.25, 0.3) is 44.7 Å². The molecule has 5 rings (SSSR count). The summed E-state index contributed by atoms with van der Waals surface area (Å²) in [5.74, 6) is 0. The van der Waals surface area contributed by atoms with E-state index in [0.717, 1.165) is 38.0 Å². The highest BCUT2D eigenvalue weighted by molar-refractivity contribution is 9.10. The average molecular weight is 437 g/mol. The van der Waals surface area contributed by atoms with Gasteiger partial charge in [-0.15, -0.1) is 0 Å². The molecule has 0 amide bonds. The van der Waals surface area contributed by atoms with E-state index >= 15 is 0 Å². The molecule has 0 unspecified atom stereocenters. The van der Waals surface area contributed by atoms with Gasteiger partial charge in [-0.2, -0.15) is 0 Å². The number of nitrogens with zero attached hydrogens (tertiary/aromatic N) is 2. The number of hydrogen-bond donors (Lipinski definition) is 0. The zero-order chi connectivity index (χ0) is 19.6. The molecule has 0 radical (unpaired) electrons. The van der Waals surface area contributed by atoms with Crippen molar-refractivity contribution in [3.63, 3.8) is 0 Å². The van der Waals surface area contributed by atoms with Crippen LogP contribution in [-0.2, 0) is 0 Å². The van der Waals surface area contributed by atoms with Gasteiger partial charge in [0.15, 0.2) is 0 Å². The molecule has 0 atom stereocenters. The maximum atomic E-state index is 4.98. The summed E-state index contributed by atoms with van der Waals surface area (Å²) in [7, 11) is 0. The maximum absolute atomic E-state index is 4.98. The molecule has 0 aliphatic carbocycles. The molecule has 0 aliphatic rings. The minimum atomic E-state index is 0.878. The van der Waals surface area contributed by atoms with Crippen LogP contribution in [0.4, 0.5) is 0 Å². The Morgan fingerprint density at radius 2 is 0.966 bits per heavy atom. The Hall–Kier alpha value is -3.30. The van der Waals surface area contributed by atoms with E-state index in [0.29, 0.717) is 0 Å². The van der Waals surface area contributed by atoms with Gasteiger partial charge in [0, 0.05) is 15.6 Å². The standard InChI is InChI=1S/C26H17BrN2/c27-22-11-5-4-10-21(22)26-25(28-23-12-6-7-13-24(23)29-26)20-16-14-19(15-17-20)18-8-2-1-3-9-18/h1-17H. The van der Waals surface area contributed by atoms with Crippen molar-refractivity contribution in [3.8, 4) is 33.6 Å². The van der Waals surface area contributed by atoms with Crippen molar-refractivity contribution in [2.75, 3.05) is 0 Å². The molecule has 0 aliphatic heterocycles. The van der Waals surface area contributed by atoms with Gasteiger partial charge in [-0.05, 0) is 29.3 Å². The summed E-state index contributed by atoms with van der Waals surface area (Å²) < 4.78 is 1.01. The second kappa shape index (κ2) is 7.61. The van der Waals surface area contributed by atoms with Gasteiger partial charge >= 0.3 is 0 Å². The molecule has 0 saturated carbocycles. The highest BCUT2D eigenvalue weighted by Crippen LogP contribution is 2.35. The molecular formula is C26H17BrN2. The summed E-state index contributed by atoms with van der Waals surface area (Å²) >= 11 is 3.68. The minimum absolute atomic E-state index is 0.878. The summed E-state index contributed by atoms with van der Waals surface area (Å²) in [4.78, 5) is 9.95. The second-order valence-electron chi connectivity index (χ2n) is 6.83. The lowest BCUT2D eigenvalue weighted by atomic mass is 10.00. The Morgan fingerprint density at radius 3 is 1.66 bits per heavy atom. The fraction of sp³-hybridized carbons (Fsp3) is 0. The van der Waals surface area contributed by atoms with Gasteiger partial charge in [0.1, 0.15) is 0 Å². The predicted octanol–water partition coefficient (Wildman–Crippen LogP) is 7.39. The third-order valence-electron chi connectivity index (χ3n) is 4.96. The van der Waals surface area contributed by atoms with Gasteiger partial charge in [0.05, 0.1) is 22.4 Å². The van der Waals surface area contributed by atoms with E-state index in [1.54, 1.807) is 0 Å². The van der Waals surface area contributed by atoms with Crippen molar-refractivity contribution in [2.24, 2.45) is 0 Å². The van der Waals surface area contributed by atoms with Gasteiger partial charge in [0.25, 0.3) is 0 Å². The van der Waals surface area contributed by atoms with E-state index in [1.165, 1.54) is 11.1 Å². The number of fused-ring (bicyclic) bond motifs is 1. The molecule has 0 N–H and O–H groups in total. The monoisotopic (exact) mass is 436 g/mol. The van der Waals surface area contributed by atoms with Crippen molar-refractivity contribution in [3.05, 3.63) is 108 Å². The summed E-state index contributed by atoms with van der Waals surface area (Å²) in [6.07, 6.45) is 0. The van der Waals surface area contributed by atoms with Crippen LogP contribution in [-0.4, -0.2) is 9.97 Å². The number of hydrogen-bond acceptors (Lipinski definition) is 2. The molecule has 3 heteroatoms. The summed E-state index contributed by atoms with van der Waals surface area (Å²) in [6, 6.07) is 35.1. The van der Waals surface area contributed by atoms with Crippen molar-refractivity contribution >= 4 is 27.0 Å². The first kappa shape index (κ1) is 17.8. The number of aromatic nitrogens is 2. The Labute approximate surface area is 178 Å². The van der Waals surface area contributed by atoms with Gasteiger partial charge in [-0.1, -0.05) is 101 Å². The topological polar surface area (TPSA) is 25.8 Å². The van der Waals surface area contributed by atoms with E-state index in [-0.39, 0.29) is 0 Å². The highest BCUT2D eigenvalue weighted by Gasteiger charge is 2.15. The summed E-state index contributed by atoms with van der Waals surface area (Å²) in [5.41, 5.74) is 8.02. The van der Waals surface area contributed by atoms with Gasteiger partial charge in [-0.25, -0.2) is 9.97 Å². The summed E-state index contributed by atoms with van der Waals surface area (Å²) in [5, 5.41) is 0. The van der Waals surface area contributed by atoms with E-state index in [1.807, 2.05) is 48.5 Å². The molecule has 4 aromatic carbocycles. The zero-order valence-corrected chi connectivity index (χ0v) is 17.2. The van der Waals surface area contributed by atoms with Crippen molar-refractivity contribution in [2.45, 2.75) is 0 Å². The van der Waals surface area contributed by atoms with Crippen LogP contribution in [0, 0.1) is 0 Å². The molecule has 1 aromatic heterocycles. The Kier molecular flexibility index (Phi) is 4.66. The second-order valence-corrected chi connectivity index (χ2v) is 7.69. The molecule has 29 heavy (non-hydrogen) atoms. The Morgan fingerprint density at radius 1 is 0.448 bits per heavy atom. The number of rotatable bonds is 3. The zero-order valence-electron chi connectivity index (χ0n) is 15.6. The Bertz CT molecular complexity index is 1300. The smallest absolute Gasteiger partial charge is 0.0984 e. The van der Waals surface area contributed by atoms with Crippen LogP contribution in [0.1, 0.15) is 0 Å². The fourth-order valence-corrected chi connectivity index (χ4v) is 3.97. The lowest BCUT2D eigenvalue weighted by Crippen LogP contribution is -1.96. The molecule has 0 fully saturated rings.